The summed E-state index contributed by atoms with van der Waals surface area (Å²) >= 11 is 2.83. The zero-order valence-corrected chi connectivity index (χ0v) is 21.0. The molecule has 3 unspecified atom stereocenters. The van der Waals surface area contributed by atoms with Gasteiger partial charge in [-0.2, -0.15) is 12.9 Å². The van der Waals surface area contributed by atoms with Crippen molar-refractivity contribution >= 4 is 47.2 Å². The molecule has 0 radical (unpaired) electrons. The fraction of sp³-hybridized carbons (Fsp3) is 0.556. The first-order valence-electron chi connectivity index (χ1n) is 8.07. The number of aromatic amines is 1. The van der Waals surface area contributed by atoms with Crippen LogP contribution >= 0.6 is 47.2 Å². The monoisotopic (exact) mass is 642 g/mol. The number of nitrogens with zero attached hydrogens (tertiary/aromatic N) is 1. The van der Waals surface area contributed by atoms with E-state index in [4.69, 9.17) is 19.4 Å². The first-order chi connectivity index (χ1) is 15.2. The maximum atomic E-state index is 11.9. The second kappa shape index (κ2) is 10.5. The van der Waals surface area contributed by atoms with E-state index in [1.54, 1.807) is 0 Å². The zero-order valence-electron chi connectivity index (χ0n) is 15.8. The number of H-pyrrole nitrogens is 1. The molecule has 34 heavy (non-hydrogen) atoms. The van der Waals surface area contributed by atoms with Crippen molar-refractivity contribution in [1.29, 1.82) is 0 Å². The maximum absolute atomic E-state index is 11.9. The number of phosphoric ester groups is 1. The molecule has 20 nitrogen and oxygen atoms in total. The van der Waals surface area contributed by atoms with E-state index in [-0.39, 0.29) is 4.47 Å². The average molecular weight is 643 g/mol. The summed E-state index contributed by atoms with van der Waals surface area (Å²) in [6, 6.07) is 0. The number of hydrogen-bond acceptors (Lipinski definition) is 13. The minimum Gasteiger partial charge on any atom is -0.387 e. The summed E-state index contributed by atoms with van der Waals surface area (Å²) in [5.74, 6) is 0. The summed E-state index contributed by atoms with van der Waals surface area (Å²) in [5.41, 5.74) is -1.88. The number of aromatic nitrogens is 2. The van der Waals surface area contributed by atoms with Crippen molar-refractivity contribution < 1.29 is 75.1 Å². The fourth-order valence-electron chi connectivity index (χ4n) is 2.36. The van der Waals surface area contributed by atoms with Crippen LogP contribution in [0.1, 0.15) is 6.23 Å². The molecule has 1 fully saturated rings. The van der Waals surface area contributed by atoms with Crippen LogP contribution in [-0.2, 0) is 40.5 Å². The van der Waals surface area contributed by atoms with E-state index in [2.05, 4.69) is 33.4 Å². The predicted molar refractivity (Wildman–Crippen MR) is 106 cm³/mol. The summed E-state index contributed by atoms with van der Waals surface area (Å²) in [6.07, 6.45) is -6.13. The van der Waals surface area contributed by atoms with Gasteiger partial charge in [0.05, 0.1) is 11.1 Å². The molecule has 0 bridgehead atoms. The highest BCUT2D eigenvalue weighted by Gasteiger charge is 2.48. The van der Waals surface area contributed by atoms with Crippen molar-refractivity contribution in [3.05, 3.63) is 31.5 Å². The minimum absolute atomic E-state index is 0.159. The highest BCUT2D eigenvalue weighted by atomic mass is 79.9. The largest absolute Gasteiger partial charge is 0.490 e. The van der Waals surface area contributed by atoms with Crippen LogP contribution in [0.2, 0.25) is 0 Å². The van der Waals surface area contributed by atoms with Gasteiger partial charge >= 0.3 is 37.0 Å². The van der Waals surface area contributed by atoms with E-state index >= 15 is 0 Å². The highest BCUT2D eigenvalue weighted by molar-refractivity contribution is 9.10. The van der Waals surface area contributed by atoms with Crippen LogP contribution in [0.5, 0.6) is 0 Å². The molecule has 0 amide bonds. The molecule has 8 N–H and O–H groups in total. The number of rotatable bonds is 10. The summed E-state index contributed by atoms with van der Waals surface area (Å²) < 4.78 is 65.6. The number of phosphoric acid groups is 4. The standard InChI is InChI=1S/C9H15BrN2O18P4/c10-3-1-12(9(16)11-7(3)15)8-6(14)5(13)4(27-8)2-26-32(20,21)29-34(24,25)30-33(22,23)28-31(17,18)19/h1,4-6,8,13-14H,2H2,(H,20,21)(H,22,23)(H,24,25)(H,11,15,16)(H2,17,18,19)/t4-,5-,6-,8-/m1/s1. The third-order valence-corrected chi connectivity index (χ3v) is 9.58. The van der Waals surface area contributed by atoms with Gasteiger partial charge in [0.15, 0.2) is 6.23 Å². The lowest BCUT2D eigenvalue weighted by Gasteiger charge is -2.20. The molecule has 1 saturated heterocycles. The number of hydrogen-bond donors (Lipinski definition) is 8. The number of halogens is 1. The van der Waals surface area contributed by atoms with Crippen LogP contribution in [0.25, 0.3) is 0 Å². The first kappa shape index (κ1) is 29.8. The highest BCUT2D eigenvalue weighted by Crippen LogP contribution is 2.70. The maximum Gasteiger partial charge on any atom is 0.490 e. The Morgan fingerprint density at radius 2 is 1.47 bits per heavy atom. The average Bonchev–Trinajstić information content (AvgIpc) is 2.87. The quantitative estimate of drug-likeness (QED) is 0.133. The van der Waals surface area contributed by atoms with Gasteiger partial charge in [0, 0.05) is 6.20 Å². The molecule has 2 rings (SSSR count). The molecule has 1 aromatic rings. The van der Waals surface area contributed by atoms with Gasteiger partial charge in [0.2, 0.25) is 0 Å². The van der Waals surface area contributed by atoms with E-state index in [1.807, 2.05) is 4.98 Å². The van der Waals surface area contributed by atoms with Crippen molar-refractivity contribution in [3.63, 3.8) is 0 Å². The summed E-state index contributed by atoms with van der Waals surface area (Å²) in [6.45, 7) is -1.16. The smallest absolute Gasteiger partial charge is 0.387 e. The van der Waals surface area contributed by atoms with Crippen LogP contribution < -0.4 is 11.2 Å². The normalized spacial score (nSPS) is 28.7. The third kappa shape index (κ3) is 8.33. The molecular weight excluding hydrogens is 628 g/mol. The Labute approximate surface area is 194 Å². The lowest BCUT2D eigenvalue weighted by atomic mass is 10.1. The first-order valence-corrected chi connectivity index (χ1v) is 14.9. The van der Waals surface area contributed by atoms with E-state index in [1.165, 1.54) is 0 Å². The molecule has 0 saturated carbocycles. The van der Waals surface area contributed by atoms with Gasteiger partial charge in [0.1, 0.15) is 18.3 Å². The van der Waals surface area contributed by atoms with E-state index < -0.39 is 73.7 Å². The molecular formula is C9H15BrN2O18P4. The Kier molecular flexibility index (Phi) is 9.24. The van der Waals surface area contributed by atoms with Gasteiger partial charge in [-0.05, 0) is 15.9 Å². The van der Waals surface area contributed by atoms with Crippen LogP contribution in [0.4, 0.5) is 0 Å². The van der Waals surface area contributed by atoms with Gasteiger partial charge in [-0.3, -0.25) is 18.9 Å². The Morgan fingerprint density at radius 3 is 2.03 bits per heavy atom. The van der Waals surface area contributed by atoms with Gasteiger partial charge in [-0.1, -0.05) is 0 Å². The number of aliphatic hydroxyl groups excluding tert-OH is 2. The number of nitrogens with one attached hydrogen (secondary N) is 1. The molecule has 25 heteroatoms. The third-order valence-electron chi connectivity index (χ3n) is 3.56. The second-order valence-corrected chi connectivity index (χ2v) is 13.0. The molecule has 1 aliphatic heterocycles. The topological polar surface area (TPSA) is 311 Å². The van der Waals surface area contributed by atoms with Crippen LogP contribution in [0, 0.1) is 0 Å². The van der Waals surface area contributed by atoms with Crippen molar-refractivity contribution in [2.24, 2.45) is 0 Å². The Hall–Kier alpha value is -0.400. The molecule has 2 heterocycles. The summed E-state index contributed by atoms with van der Waals surface area (Å²) in [7, 11) is -23.4. The summed E-state index contributed by atoms with van der Waals surface area (Å²) in [4.78, 5) is 69.8. The lowest BCUT2D eigenvalue weighted by Crippen LogP contribution is -2.38. The molecule has 0 aliphatic carbocycles. The Balaban J connectivity index is 2.07. The van der Waals surface area contributed by atoms with Crippen molar-refractivity contribution in [1.82, 2.24) is 9.55 Å². The molecule has 0 aromatic carbocycles. The lowest BCUT2D eigenvalue weighted by molar-refractivity contribution is -0.0543. The zero-order chi connectivity index (χ0) is 26.3. The van der Waals surface area contributed by atoms with Crippen molar-refractivity contribution in [2.75, 3.05) is 6.61 Å². The van der Waals surface area contributed by atoms with Crippen molar-refractivity contribution in [3.8, 4) is 0 Å². The SMILES string of the molecule is O=c1[nH]c(=O)n([C@@H]2O[C@H](COP(=O)(O)OP(=O)(O)OP(=O)(O)OP(=O)(O)O)[C@@H](O)[C@H]2O)cc1Br. The molecule has 1 aliphatic rings. The van der Waals surface area contributed by atoms with Crippen LogP contribution in [0.3, 0.4) is 0 Å². The Bertz CT molecular complexity index is 1220. The Morgan fingerprint density at radius 1 is 0.941 bits per heavy atom. The van der Waals surface area contributed by atoms with E-state index in [0.29, 0.717) is 4.57 Å². The molecule has 196 valence electrons. The summed E-state index contributed by atoms with van der Waals surface area (Å²) in [5, 5.41) is 20.1. The predicted octanol–water partition coefficient (Wildman–Crippen LogP) is -1.62. The minimum atomic E-state index is -6.04. The van der Waals surface area contributed by atoms with Crippen LogP contribution in [-0.4, -0.2) is 69.1 Å². The second-order valence-electron chi connectivity index (χ2n) is 6.13. The number of ether oxygens (including phenoxy) is 1. The fourth-order valence-corrected chi connectivity index (χ4v) is 7.14. The van der Waals surface area contributed by atoms with E-state index in [0.717, 1.165) is 6.20 Å². The molecule has 7 atom stereocenters. The van der Waals surface area contributed by atoms with Gasteiger partial charge in [-0.25, -0.2) is 23.1 Å². The molecule has 1 aromatic heterocycles. The van der Waals surface area contributed by atoms with Gasteiger partial charge < -0.3 is 39.4 Å². The van der Waals surface area contributed by atoms with Crippen molar-refractivity contribution in [2.45, 2.75) is 24.5 Å². The van der Waals surface area contributed by atoms with Gasteiger partial charge in [-0.15, -0.1) is 0 Å². The van der Waals surface area contributed by atoms with E-state index in [9.17, 15) is 47.8 Å². The van der Waals surface area contributed by atoms with Gasteiger partial charge in [0.25, 0.3) is 5.56 Å². The number of aliphatic hydroxyl groups is 2. The molecule has 0 spiro atoms. The van der Waals surface area contributed by atoms with Crippen LogP contribution in [0.15, 0.2) is 20.3 Å².